The van der Waals surface area contributed by atoms with Crippen LogP contribution >= 0.6 is 0 Å². The van der Waals surface area contributed by atoms with E-state index in [1.807, 2.05) is 36.9 Å². The number of aromatic hydroxyl groups is 1. The molecule has 0 aliphatic rings. The van der Waals surface area contributed by atoms with E-state index in [-0.39, 0.29) is 18.1 Å². The lowest BCUT2D eigenvalue weighted by Gasteiger charge is -2.07. The minimum atomic E-state index is -0.224. The minimum absolute atomic E-state index is 0.00443. The summed E-state index contributed by atoms with van der Waals surface area (Å²) in [6.45, 7) is 2.30. The molecule has 22 heavy (non-hydrogen) atoms. The number of aryl methyl sites for hydroxylation is 1. The van der Waals surface area contributed by atoms with Gasteiger partial charge in [-0.15, -0.1) is 0 Å². The molecular weight excluding hydrogens is 282 g/mol. The summed E-state index contributed by atoms with van der Waals surface area (Å²) >= 11 is 0. The first-order valence-electron chi connectivity index (χ1n) is 6.98. The van der Waals surface area contributed by atoms with E-state index in [1.165, 1.54) is 6.21 Å². The van der Waals surface area contributed by atoms with Crippen LogP contribution in [0.25, 0.3) is 0 Å². The molecule has 6 nitrogen and oxygen atoms in total. The van der Waals surface area contributed by atoms with Gasteiger partial charge in [-0.3, -0.25) is 4.79 Å². The molecule has 0 aliphatic heterocycles. The van der Waals surface area contributed by atoms with Crippen molar-refractivity contribution in [1.29, 1.82) is 0 Å². The van der Waals surface area contributed by atoms with Crippen molar-refractivity contribution in [2.75, 3.05) is 6.61 Å². The molecule has 1 heterocycles. The number of aromatic nitrogens is 1. The number of ether oxygens (including phenoxy) is 1. The maximum atomic E-state index is 11.8. The van der Waals surface area contributed by atoms with E-state index in [0.717, 1.165) is 5.69 Å². The Balaban J connectivity index is 1.96. The smallest absolute Gasteiger partial charge is 0.245 e. The molecule has 0 saturated carbocycles. The van der Waals surface area contributed by atoms with E-state index in [2.05, 4.69) is 10.5 Å². The fraction of sp³-hybridized carbons (Fsp3) is 0.250. The highest BCUT2D eigenvalue weighted by Gasteiger charge is 2.07. The maximum Gasteiger partial charge on any atom is 0.245 e. The first-order valence-corrected chi connectivity index (χ1v) is 6.98. The van der Waals surface area contributed by atoms with Crippen LogP contribution in [-0.4, -0.2) is 28.4 Å². The van der Waals surface area contributed by atoms with Crippen molar-refractivity contribution in [2.24, 2.45) is 12.1 Å². The van der Waals surface area contributed by atoms with E-state index in [0.29, 0.717) is 17.9 Å². The first kappa shape index (κ1) is 15.6. The predicted octanol–water partition coefficient (Wildman–Crippen LogP) is 1.82. The summed E-state index contributed by atoms with van der Waals surface area (Å²) in [7, 11) is 1.88. The molecule has 0 fully saturated rings. The third kappa shape index (κ3) is 3.88. The summed E-state index contributed by atoms with van der Waals surface area (Å²) in [6, 6.07) is 8.86. The van der Waals surface area contributed by atoms with Gasteiger partial charge < -0.3 is 14.4 Å². The zero-order valence-corrected chi connectivity index (χ0v) is 12.6. The average molecular weight is 301 g/mol. The lowest BCUT2D eigenvalue weighted by atomic mass is 10.2. The second kappa shape index (κ2) is 7.31. The zero-order valence-electron chi connectivity index (χ0n) is 12.6. The van der Waals surface area contributed by atoms with Crippen LogP contribution in [0, 0.1) is 0 Å². The van der Waals surface area contributed by atoms with Crippen molar-refractivity contribution in [3.05, 3.63) is 47.8 Å². The number of carbonyl (C=O) groups is 1. The highest BCUT2D eigenvalue weighted by Crippen LogP contribution is 2.28. The van der Waals surface area contributed by atoms with Gasteiger partial charge in [-0.2, -0.15) is 5.10 Å². The number of carbonyl (C=O) groups excluding carboxylic acids is 1. The van der Waals surface area contributed by atoms with E-state index in [4.69, 9.17) is 4.74 Å². The van der Waals surface area contributed by atoms with Crippen LogP contribution in [-0.2, 0) is 18.3 Å². The van der Waals surface area contributed by atoms with Crippen molar-refractivity contribution < 1.29 is 14.6 Å². The molecule has 0 spiro atoms. The van der Waals surface area contributed by atoms with Crippen LogP contribution < -0.4 is 10.2 Å². The fourth-order valence-electron chi connectivity index (χ4n) is 1.97. The predicted molar refractivity (Wildman–Crippen MR) is 84.1 cm³/mol. The fourth-order valence-corrected chi connectivity index (χ4v) is 1.97. The summed E-state index contributed by atoms with van der Waals surface area (Å²) < 4.78 is 7.16. The van der Waals surface area contributed by atoms with Gasteiger partial charge in [0, 0.05) is 24.5 Å². The van der Waals surface area contributed by atoms with Crippen LogP contribution in [0.1, 0.15) is 18.2 Å². The van der Waals surface area contributed by atoms with Gasteiger partial charge in [0.1, 0.15) is 0 Å². The van der Waals surface area contributed by atoms with Crippen molar-refractivity contribution in [3.8, 4) is 11.5 Å². The second-order valence-corrected chi connectivity index (χ2v) is 4.71. The normalized spacial score (nSPS) is 10.8. The van der Waals surface area contributed by atoms with Gasteiger partial charge in [0.05, 0.1) is 19.2 Å². The lowest BCUT2D eigenvalue weighted by Crippen LogP contribution is -2.20. The standard InChI is InChI=1S/C16H19N3O3/c1-3-22-14-8-4-6-12(16(14)21)11-17-18-15(20)10-13-7-5-9-19(13)2/h4-9,11,21H,3,10H2,1-2H3,(H,18,20)/b17-11+. The summed E-state index contributed by atoms with van der Waals surface area (Å²) in [6.07, 6.45) is 3.51. The monoisotopic (exact) mass is 301 g/mol. The molecule has 0 unspecified atom stereocenters. The molecule has 2 rings (SSSR count). The number of hydrogen-bond acceptors (Lipinski definition) is 4. The zero-order chi connectivity index (χ0) is 15.9. The molecule has 1 aromatic heterocycles. The summed E-state index contributed by atoms with van der Waals surface area (Å²) in [5, 5.41) is 13.9. The number of amides is 1. The molecule has 2 N–H and O–H groups in total. The third-order valence-electron chi connectivity index (χ3n) is 3.12. The van der Waals surface area contributed by atoms with Gasteiger partial charge in [0.15, 0.2) is 11.5 Å². The highest BCUT2D eigenvalue weighted by molar-refractivity contribution is 5.86. The molecule has 6 heteroatoms. The van der Waals surface area contributed by atoms with Crippen LogP contribution in [0.2, 0.25) is 0 Å². The quantitative estimate of drug-likeness (QED) is 0.631. The molecule has 0 aliphatic carbocycles. The van der Waals surface area contributed by atoms with Gasteiger partial charge in [-0.25, -0.2) is 5.43 Å². The molecule has 0 bridgehead atoms. The Morgan fingerprint density at radius 1 is 1.41 bits per heavy atom. The third-order valence-corrected chi connectivity index (χ3v) is 3.12. The summed E-state index contributed by atoms with van der Waals surface area (Å²) in [5.74, 6) is 0.171. The maximum absolute atomic E-state index is 11.8. The Bertz CT molecular complexity index is 677. The van der Waals surface area contributed by atoms with Crippen LogP contribution in [0.15, 0.2) is 41.6 Å². The SMILES string of the molecule is CCOc1cccc(/C=N/NC(=O)Cc2cccn2C)c1O. The van der Waals surface area contributed by atoms with Gasteiger partial charge in [0.2, 0.25) is 5.91 Å². The highest BCUT2D eigenvalue weighted by atomic mass is 16.5. The average Bonchev–Trinajstić information content (AvgIpc) is 2.88. The number of benzene rings is 1. The number of phenols is 1. The van der Waals surface area contributed by atoms with Gasteiger partial charge in [-0.1, -0.05) is 6.07 Å². The van der Waals surface area contributed by atoms with Gasteiger partial charge in [0.25, 0.3) is 0 Å². The van der Waals surface area contributed by atoms with Crippen LogP contribution in [0.4, 0.5) is 0 Å². The molecule has 0 atom stereocenters. The number of para-hydroxylation sites is 1. The van der Waals surface area contributed by atoms with Crippen molar-refractivity contribution in [2.45, 2.75) is 13.3 Å². The number of hydrazone groups is 1. The largest absolute Gasteiger partial charge is 0.504 e. The number of nitrogens with one attached hydrogen (secondary N) is 1. The summed E-state index contributed by atoms with van der Waals surface area (Å²) in [4.78, 5) is 11.8. The Morgan fingerprint density at radius 3 is 2.91 bits per heavy atom. The van der Waals surface area contributed by atoms with E-state index in [1.54, 1.807) is 18.2 Å². The van der Waals surface area contributed by atoms with Crippen molar-refractivity contribution in [3.63, 3.8) is 0 Å². The van der Waals surface area contributed by atoms with Crippen LogP contribution in [0.3, 0.4) is 0 Å². The molecule has 1 amide bonds. The number of nitrogens with zero attached hydrogens (tertiary/aromatic N) is 2. The molecule has 1 aromatic carbocycles. The van der Waals surface area contributed by atoms with E-state index in [9.17, 15) is 9.90 Å². The molecular formula is C16H19N3O3. The minimum Gasteiger partial charge on any atom is -0.504 e. The Kier molecular flexibility index (Phi) is 5.19. The van der Waals surface area contributed by atoms with Gasteiger partial charge in [-0.05, 0) is 31.2 Å². The second-order valence-electron chi connectivity index (χ2n) is 4.71. The molecule has 0 radical (unpaired) electrons. The molecule has 0 saturated heterocycles. The number of hydrogen-bond donors (Lipinski definition) is 2. The Hall–Kier alpha value is -2.76. The summed E-state index contributed by atoms with van der Waals surface area (Å²) in [5.41, 5.74) is 3.81. The lowest BCUT2D eigenvalue weighted by molar-refractivity contribution is -0.120. The van der Waals surface area contributed by atoms with Crippen molar-refractivity contribution >= 4 is 12.1 Å². The van der Waals surface area contributed by atoms with Crippen LogP contribution in [0.5, 0.6) is 11.5 Å². The molecule has 116 valence electrons. The van der Waals surface area contributed by atoms with E-state index >= 15 is 0 Å². The van der Waals surface area contributed by atoms with E-state index < -0.39 is 0 Å². The van der Waals surface area contributed by atoms with Crippen molar-refractivity contribution in [1.82, 2.24) is 9.99 Å². The number of rotatable bonds is 6. The number of phenolic OH excluding ortho intramolecular Hbond substituents is 1. The first-order chi connectivity index (χ1) is 10.6. The Morgan fingerprint density at radius 2 is 2.23 bits per heavy atom. The van der Waals surface area contributed by atoms with Gasteiger partial charge >= 0.3 is 0 Å². The Labute approximate surface area is 129 Å². The topological polar surface area (TPSA) is 75.8 Å². The molecule has 2 aromatic rings.